The Labute approximate surface area is 212 Å². The largest absolute Gasteiger partial charge is 0.437 e. The Kier molecular flexibility index (Phi) is 5.42. The van der Waals surface area contributed by atoms with E-state index in [-0.39, 0.29) is 11.4 Å². The molecule has 0 aliphatic heterocycles. The van der Waals surface area contributed by atoms with Gasteiger partial charge < -0.3 is 14.2 Å². The number of furan rings is 1. The number of nitrogens with zero attached hydrogens (tertiary/aromatic N) is 2. The van der Waals surface area contributed by atoms with Crippen molar-refractivity contribution < 1.29 is 13.6 Å². The third kappa shape index (κ3) is 3.87. The average molecular weight is 538 g/mol. The topological polar surface area (TPSA) is 98.2 Å². The van der Waals surface area contributed by atoms with Crippen LogP contribution in [-0.4, -0.2) is 15.9 Å². The summed E-state index contributed by atoms with van der Waals surface area (Å²) in [6, 6.07) is 26.0. The summed E-state index contributed by atoms with van der Waals surface area (Å²) in [6.45, 7) is 0. The van der Waals surface area contributed by atoms with Gasteiger partial charge in [-0.05, 0) is 29.8 Å². The van der Waals surface area contributed by atoms with E-state index in [4.69, 9.17) is 8.83 Å². The van der Waals surface area contributed by atoms with E-state index in [1.165, 1.54) is 12.4 Å². The maximum Gasteiger partial charge on any atom is 0.349 e. The molecule has 3 aromatic carbocycles. The lowest BCUT2D eigenvalue weighted by Crippen LogP contribution is -2.21. The number of anilines is 1. The van der Waals surface area contributed by atoms with Crippen LogP contribution in [0.2, 0.25) is 0 Å². The number of carbonyl (C=O) groups excluding carboxylic acids is 1. The second-order valence-corrected chi connectivity index (χ2v) is 8.94. The minimum Gasteiger partial charge on any atom is -0.437 e. The minimum atomic E-state index is -0.743. The van der Waals surface area contributed by atoms with Crippen LogP contribution in [0.1, 0.15) is 10.4 Å². The van der Waals surface area contributed by atoms with Gasteiger partial charge in [0.15, 0.2) is 0 Å². The van der Waals surface area contributed by atoms with Gasteiger partial charge in [-0.3, -0.25) is 4.79 Å². The van der Waals surface area contributed by atoms with E-state index >= 15 is 0 Å². The van der Waals surface area contributed by atoms with Crippen molar-refractivity contribution in [3.63, 3.8) is 0 Å². The highest BCUT2D eigenvalue weighted by atomic mass is 79.9. The summed E-state index contributed by atoms with van der Waals surface area (Å²) in [5, 5.41) is 3.92. The van der Waals surface area contributed by atoms with Crippen molar-refractivity contribution in [3.8, 4) is 22.5 Å². The molecule has 0 aliphatic carbocycles. The van der Waals surface area contributed by atoms with Crippen LogP contribution in [0.5, 0.6) is 0 Å². The number of carbonyl (C=O) groups is 1. The molecule has 0 atom stereocenters. The highest BCUT2D eigenvalue weighted by molar-refractivity contribution is 9.10. The first-order valence-corrected chi connectivity index (χ1v) is 11.8. The Morgan fingerprint density at radius 3 is 2.31 bits per heavy atom. The quantitative estimate of drug-likeness (QED) is 0.252. The average Bonchev–Trinajstić information content (AvgIpc) is 3.30. The summed E-state index contributed by atoms with van der Waals surface area (Å²) in [4.78, 5) is 34.5. The number of aromatic nitrogens is 2. The molecule has 0 radical (unpaired) electrons. The second-order valence-electron chi connectivity index (χ2n) is 8.02. The van der Waals surface area contributed by atoms with Crippen molar-refractivity contribution >= 4 is 49.7 Å². The Morgan fingerprint density at radius 1 is 0.833 bits per heavy atom. The van der Waals surface area contributed by atoms with Crippen LogP contribution in [0.15, 0.2) is 109 Å². The molecule has 0 saturated carbocycles. The molecule has 8 heteroatoms. The van der Waals surface area contributed by atoms with Gasteiger partial charge in [0.05, 0.1) is 5.39 Å². The van der Waals surface area contributed by atoms with E-state index in [0.29, 0.717) is 27.8 Å². The van der Waals surface area contributed by atoms with E-state index in [2.05, 4.69) is 31.2 Å². The van der Waals surface area contributed by atoms with Crippen LogP contribution in [0.3, 0.4) is 0 Å². The molecule has 174 valence electrons. The Morgan fingerprint density at radius 2 is 1.56 bits per heavy atom. The minimum absolute atomic E-state index is 0.139. The van der Waals surface area contributed by atoms with E-state index in [0.717, 1.165) is 21.2 Å². The van der Waals surface area contributed by atoms with Gasteiger partial charge in [-0.1, -0.05) is 76.6 Å². The summed E-state index contributed by atoms with van der Waals surface area (Å²) >= 11 is 3.40. The number of hydrogen-bond donors (Lipinski definition) is 1. The van der Waals surface area contributed by atoms with Crippen LogP contribution in [0.25, 0.3) is 44.5 Å². The molecule has 0 fully saturated rings. The Bertz CT molecular complexity index is 1810. The summed E-state index contributed by atoms with van der Waals surface area (Å²) in [5.41, 5.74) is 2.28. The molecule has 36 heavy (non-hydrogen) atoms. The molecule has 0 spiro atoms. The van der Waals surface area contributed by atoms with Crippen molar-refractivity contribution in [2.24, 2.45) is 0 Å². The lowest BCUT2D eigenvalue weighted by Gasteiger charge is -2.08. The first-order chi connectivity index (χ1) is 17.6. The number of benzene rings is 3. The van der Waals surface area contributed by atoms with Crippen molar-refractivity contribution in [2.45, 2.75) is 0 Å². The number of rotatable bonds is 4. The Hall–Kier alpha value is -4.56. The highest BCUT2D eigenvalue weighted by Gasteiger charge is 2.24. The van der Waals surface area contributed by atoms with Crippen LogP contribution < -0.4 is 10.9 Å². The maximum absolute atomic E-state index is 13.3. The van der Waals surface area contributed by atoms with Crippen LogP contribution in [0.4, 0.5) is 5.82 Å². The molecule has 0 aliphatic rings. The normalized spacial score (nSPS) is 11.1. The summed E-state index contributed by atoms with van der Waals surface area (Å²) < 4.78 is 12.3. The molecule has 3 heterocycles. The molecule has 0 saturated heterocycles. The Balaban J connectivity index is 1.51. The molecule has 1 amide bonds. The number of nitrogens with one attached hydrogen (secondary N) is 1. The number of halogens is 1. The van der Waals surface area contributed by atoms with Gasteiger partial charge in [-0.25, -0.2) is 14.8 Å². The predicted molar refractivity (Wildman–Crippen MR) is 141 cm³/mol. The van der Waals surface area contributed by atoms with Crippen LogP contribution >= 0.6 is 15.9 Å². The SMILES string of the molecule is O=C(Nc1ncnc2oc(-c3ccccc3)c(-c3ccccc3)c12)c1cc2cc(Br)ccc2oc1=O. The van der Waals surface area contributed by atoms with Gasteiger partial charge in [-0.2, -0.15) is 0 Å². The fourth-order valence-electron chi connectivity index (χ4n) is 4.13. The molecule has 0 bridgehead atoms. The molecule has 0 unspecified atom stereocenters. The standard InChI is InChI=1S/C28H16BrN3O4/c29-19-11-12-21-18(13-19)14-20(28(34)35-21)26(33)32-25-23-22(16-7-3-1-4-8-16)24(17-9-5-2-6-10-17)36-27(23)31-15-30-25/h1-15H,(H,30,31,32,33). The van der Waals surface area contributed by atoms with Crippen molar-refractivity contribution in [1.29, 1.82) is 0 Å². The first-order valence-electron chi connectivity index (χ1n) is 11.0. The maximum atomic E-state index is 13.3. The molecule has 7 nitrogen and oxygen atoms in total. The van der Waals surface area contributed by atoms with E-state index < -0.39 is 11.5 Å². The smallest absolute Gasteiger partial charge is 0.349 e. The summed E-state index contributed by atoms with van der Waals surface area (Å²) in [6.07, 6.45) is 1.31. The molecule has 6 rings (SSSR count). The van der Waals surface area contributed by atoms with Gasteiger partial charge >= 0.3 is 5.63 Å². The van der Waals surface area contributed by atoms with Gasteiger partial charge in [0, 0.05) is 21.0 Å². The fraction of sp³-hybridized carbons (Fsp3) is 0. The van der Waals surface area contributed by atoms with Crippen LogP contribution in [-0.2, 0) is 0 Å². The molecule has 6 aromatic rings. The lowest BCUT2D eigenvalue weighted by atomic mass is 9.99. The van der Waals surface area contributed by atoms with Gasteiger partial charge in [0.25, 0.3) is 5.91 Å². The number of fused-ring (bicyclic) bond motifs is 2. The van der Waals surface area contributed by atoms with Gasteiger partial charge in [-0.15, -0.1) is 0 Å². The zero-order chi connectivity index (χ0) is 24.6. The molecular weight excluding hydrogens is 522 g/mol. The number of hydrogen-bond acceptors (Lipinski definition) is 6. The zero-order valence-corrected chi connectivity index (χ0v) is 20.2. The van der Waals surface area contributed by atoms with E-state index in [9.17, 15) is 9.59 Å². The third-order valence-corrected chi connectivity index (χ3v) is 6.25. The monoisotopic (exact) mass is 537 g/mol. The highest BCUT2D eigenvalue weighted by Crippen LogP contribution is 2.42. The summed E-state index contributed by atoms with van der Waals surface area (Å²) in [5.74, 6) is 0.179. The number of amides is 1. The van der Waals surface area contributed by atoms with Crippen molar-refractivity contribution in [1.82, 2.24) is 9.97 Å². The molecular formula is C28H16BrN3O4. The van der Waals surface area contributed by atoms with Gasteiger partial charge in [0.1, 0.15) is 29.1 Å². The van der Waals surface area contributed by atoms with Crippen molar-refractivity contribution in [2.75, 3.05) is 5.32 Å². The zero-order valence-electron chi connectivity index (χ0n) is 18.6. The van der Waals surface area contributed by atoms with Crippen LogP contribution in [0, 0.1) is 0 Å². The fourth-order valence-corrected chi connectivity index (χ4v) is 4.51. The summed E-state index contributed by atoms with van der Waals surface area (Å²) in [7, 11) is 0. The lowest BCUT2D eigenvalue weighted by molar-refractivity contribution is 0.102. The van der Waals surface area contributed by atoms with Crippen molar-refractivity contribution in [3.05, 3.63) is 112 Å². The van der Waals surface area contributed by atoms with Gasteiger partial charge in [0.2, 0.25) is 5.71 Å². The molecule has 1 N–H and O–H groups in total. The molecule has 3 aromatic heterocycles. The van der Waals surface area contributed by atoms with E-state index in [1.807, 2.05) is 60.7 Å². The first kappa shape index (κ1) is 21.9. The van der Waals surface area contributed by atoms with E-state index in [1.54, 1.807) is 18.2 Å². The second kappa shape index (κ2) is 8.90. The predicted octanol–water partition coefficient (Wildman–Crippen LogP) is 6.68. The third-order valence-electron chi connectivity index (χ3n) is 5.76.